The highest BCUT2D eigenvalue weighted by molar-refractivity contribution is 6.26. The van der Waals surface area contributed by atoms with Crippen LogP contribution >= 0.6 is 0 Å². The van der Waals surface area contributed by atoms with Gasteiger partial charge in [-0.2, -0.15) is 0 Å². The maximum atomic E-state index is 2.63. The van der Waals surface area contributed by atoms with Crippen molar-refractivity contribution in [2.24, 2.45) is 0 Å². The molecule has 0 fully saturated rings. The van der Waals surface area contributed by atoms with E-state index < -0.39 is 0 Å². The van der Waals surface area contributed by atoms with Gasteiger partial charge in [0.25, 0.3) is 0 Å². The van der Waals surface area contributed by atoms with Gasteiger partial charge in [0.15, 0.2) is 0 Å². The van der Waals surface area contributed by atoms with E-state index in [0.29, 0.717) is 0 Å². The minimum atomic E-state index is -0.164. The van der Waals surface area contributed by atoms with E-state index in [2.05, 4.69) is 273 Å². The highest BCUT2D eigenvalue weighted by Gasteiger charge is 2.46. The van der Waals surface area contributed by atoms with Gasteiger partial charge in [0.05, 0.1) is 5.69 Å². The molecule has 416 valence electrons. The summed E-state index contributed by atoms with van der Waals surface area (Å²) in [6.07, 6.45) is 8.38. The van der Waals surface area contributed by atoms with Crippen LogP contribution in [-0.2, 0) is 21.7 Å². The Kier molecular flexibility index (Phi) is 11.6. The molecule has 4 aliphatic rings. The second-order valence-electron chi connectivity index (χ2n) is 25.5. The summed E-state index contributed by atoms with van der Waals surface area (Å²) in [5, 5.41) is 7.81. The first kappa shape index (κ1) is 52.1. The van der Waals surface area contributed by atoms with Gasteiger partial charge in [-0.15, -0.1) is 0 Å². The van der Waals surface area contributed by atoms with E-state index in [1.807, 2.05) is 0 Å². The molecule has 0 atom stereocenters. The lowest BCUT2D eigenvalue weighted by Crippen LogP contribution is -2.24. The van der Waals surface area contributed by atoms with Gasteiger partial charge in [0, 0.05) is 38.4 Å². The van der Waals surface area contributed by atoms with Gasteiger partial charge in [-0.25, -0.2) is 0 Å². The molecule has 16 rings (SSSR count). The van der Waals surface area contributed by atoms with Gasteiger partial charge < -0.3 is 4.90 Å². The zero-order valence-corrected chi connectivity index (χ0v) is 50.8. The lowest BCUT2D eigenvalue weighted by Gasteiger charge is -2.34. The van der Waals surface area contributed by atoms with Crippen molar-refractivity contribution in [3.63, 3.8) is 0 Å². The normalized spacial score (nSPS) is 15.6. The smallest absolute Gasteiger partial charge is 0.0540 e. The topological polar surface area (TPSA) is 3.24 Å². The van der Waals surface area contributed by atoms with Gasteiger partial charge in [0.2, 0.25) is 0 Å². The maximum Gasteiger partial charge on any atom is 0.0540 e. The fourth-order valence-corrected chi connectivity index (χ4v) is 18.3. The third-order valence-electron chi connectivity index (χ3n) is 23.0. The molecular weight excluding hydrogens is 1020 g/mol. The van der Waals surface area contributed by atoms with Crippen LogP contribution in [0.2, 0.25) is 0 Å². The molecule has 85 heavy (non-hydrogen) atoms. The molecule has 0 amide bonds. The number of benzene rings is 12. The fourth-order valence-electron chi connectivity index (χ4n) is 18.3. The first-order chi connectivity index (χ1) is 41.7. The molecular formula is C84H75N. The van der Waals surface area contributed by atoms with Crippen LogP contribution in [0, 0.1) is 0 Å². The zero-order chi connectivity index (χ0) is 57.7. The average Bonchev–Trinajstić information content (AvgIpc) is 2.56. The minimum absolute atomic E-state index is 0.0255. The fraction of sp³-hybridized carbons (Fsp3) is 0.238. The van der Waals surface area contributed by atoms with Crippen molar-refractivity contribution >= 4 is 49.4 Å². The molecule has 0 aromatic heterocycles. The Morgan fingerprint density at radius 2 is 0.553 bits per heavy atom. The number of hydrogen-bond donors (Lipinski definition) is 0. The van der Waals surface area contributed by atoms with Crippen LogP contribution < -0.4 is 4.90 Å². The average molecular weight is 1100 g/mol. The Morgan fingerprint density at radius 3 is 0.941 bits per heavy atom. The maximum absolute atomic E-state index is 2.63. The third-order valence-corrected chi connectivity index (χ3v) is 23.0. The third kappa shape index (κ3) is 6.82. The van der Waals surface area contributed by atoms with Crippen molar-refractivity contribution in [1.82, 2.24) is 0 Å². The van der Waals surface area contributed by atoms with Crippen molar-refractivity contribution < 1.29 is 0 Å². The molecule has 0 bridgehead atoms. The number of fused-ring (bicyclic) bond motifs is 12. The molecule has 0 radical (unpaired) electrons. The monoisotopic (exact) mass is 1100 g/mol. The number of anilines is 3. The summed E-state index contributed by atoms with van der Waals surface area (Å²) >= 11 is 0. The molecule has 1 heteroatoms. The van der Waals surface area contributed by atoms with Crippen molar-refractivity contribution in [3.8, 4) is 66.8 Å². The van der Waals surface area contributed by atoms with Crippen LogP contribution in [0.4, 0.5) is 17.1 Å². The first-order valence-corrected chi connectivity index (χ1v) is 32.2. The minimum Gasteiger partial charge on any atom is -0.310 e. The Bertz CT molecular complexity index is 4480. The molecule has 0 aliphatic heterocycles. The molecule has 0 heterocycles. The Hall–Kier alpha value is -8.52. The van der Waals surface area contributed by atoms with Gasteiger partial charge in [-0.1, -0.05) is 213 Å². The molecule has 1 nitrogen and oxygen atoms in total. The van der Waals surface area contributed by atoms with E-state index in [1.54, 1.807) is 0 Å². The van der Waals surface area contributed by atoms with Crippen molar-refractivity contribution in [2.45, 2.75) is 128 Å². The highest BCUT2D eigenvalue weighted by atomic mass is 15.1. The Labute approximate surface area is 503 Å². The lowest BCUT2D eigenvalue weighted by molar-refractivity contribution is 0.490. The Balaban J connectivity index is 0.842. The Morgan fingerprint density at radius 1 is 0.247 bits per heavy atom. The van der Waals surface area contributed by atoms with Gasteiger partial charge >= 0.3 is 0 Å². The zero-order valence-electron chi connectivity index (χ0n) is 50.8. The molecule has 0 saturated heterocycles. The van der Waals surface area contributed by atoms with Crippen molar-refractivity contribution in [2.75, 3.05) is 4.90 Å². The molecule has 0 spiro atoms. The van der Waals surface area contributed by atoms with Gasteiger partial charge in [-0.05, 0) is 244 Å². The number of hydrogen-bond acceptors (Lipinski definition) is 1. The molecule has 0 unspecified atom stereocenters. The van der Waals surface area contributed by atoms with Crippen LogP contribution in [0.3, 0.4) is 0 Å². The van der Waals surface area contributed by atoms with E-state index in [-0.39, 0.29) is 21.7 Å². The van der Waals surface area contributed by atoms with E-state index in [1.165, 1.54) is 161 Å². The summed E-state index contributed by atoms with van der Waals surface area (Å²) in [5.41, 5.74) is 31.4. The van der Waals surface area contributed by atoms with E-state index >= 15 is 0 Å². The quantitative estimate of drug-likeness (QED) is 0.104. The summed E-state index contributed by atoms with van der Waals surface area (Å²) < 4.78 is 0. The van der Waals surface area contributed by atoms with E-state index in [4.69, 9.17) is 0 Å². The van der Waals surface area contributed by atoms with Crippen LogP contribution in [0.1, 0.15) is 151 Å². The second-order valence-corrected chi connectivity index (χ2v) is 25.5. The van der Waals surface area contributed by atoms with Gasteiger partial charge in [0.1, 0.15) is 0 Å². The van der Waals surface area contributed by atoms with Crippen molar-refractivity contribution in [3.05, 3.63) is 257 Å². The molecule has 0 N–H and O–H groups in total. The SMILES string of the molecule is CCC1(CC)c2ccccc2-c2ccc(-c3ccc4c(c3)C(CC)(CC)c3cc(N(c5ccc6c(c5)C(CC)(CC)c5cc(-c7ccc8c(c7)C(CC)(CC)c7ccccc7-8)ccc5-6)c5ccc6ccc7cccc8ccc5c6c78)ccc3-4)cc21. The van der Waals surface area contributed by atoms with Crippen LogP contribution in [0.15, 0.2) is 212 Å². The van der Waals surface area contributed by atoms with Crippen LogP contribution in [-0.4, -0.2) is 0 Å². The molecule has 12 aromatic carbocycles. The predicted octanol–water partition coefficient (Wildman–Crippen LogP) is 23.7. The van der Waals surface area contributed by atoms with Crippen molar-refractivity contribution in [1.29, 1.82) is 0 Å². The second kappa shape index (κ2) is 19.0. The van der Waals surface area contributed by atoms with E-state index in [9.17, 15) is 0 Å². The lowest BCUT2D eigenvalue weighted by atomic mass is 9.72. The predicted molar refractivity (Wildman–Crippen MR) is 363 cm³/mol. The standard InChI is InChI=1S/C84H75N/c1-9-81(10-2)70-26-19-17-24-61(70)63-38-31-55(46-72(63)81)57-33-40-65-67-43-36-59(50-76(67)83(13-5,14-6)74(65)48-57)85(78-45-35-54-29-28-52-22-21-23-53-30-42-69(78)80(54)79(52)53)60-37-44-68-66-41-34-58(49-75(66)84(15-7,16-8)77(68)51-60)56-32-39-64-62-25-18-20-27-71(62)82(11-3,12-4)73(64)47-56/h17-51H,9-16H2,1-8H3. The summed E-state index contributed by atoms with van der Waals surface area (Å²) in [5.74, 6) is 0. The van der Waals surface area contributed by atoms with Crippen LogP contribution in [0.25, 0.3) is 99.1 Å². The highest BCUT2D eigenvalue weighted by Crippen LogP contribution is 2.60. The summed E-state index contributed by atoms with van der Waals surface area (Å²) in [7, 11) is 0. The first-order valence-electron chi connectivity index (χ1n) is 32.2. The molecule has 12 aromatic rings. The van der Waals surface area contributed by atoms with Crippen LogP contribution in [0.5, 0.6) is 0 Å². The summed E-state index contributed by atoms with van der Waals surface area (Å²) in [6, 6.07) is 83.9. The summed E-state index contributed by atoms with van der Waals surface area (Å²) in [4.78, 5) is 2.63. The number of rotatable bonds is 13. The largest absolute Gasteiger partial charge is 0.310 e. The van der Waals surface area contributed by atoms with E-state index in [0.717, 1.165) is 51.4 Å². The molecule has 0 saturated carbocycles. The number of nitrogens with zero attached hydrogens (tertiary/aromatic N) is 1. The van der Waals surface area contributed by atoms with Gasteiger partial charge in [-0.3, -0.25) is 0 Å². The summed E-state index contributed by atoms with van der Waals surface area (Å²) in [6.45, 7) is 19.2. The molecule has 4 aliphatic carbocycles.